The van der Waals surface area contributed by atoms with E-state index in [1.807, 2.05) is 0 Å². The Hall–Kier alpha value is -2.15. The van der Waals surface area contributed by atoms with Gasteiger partial charge in [0.15, 0.2) is 0 Å². The molecule has 1 fully saturated rings. The third-order valence-corrected chi connectivity index (χ3v) is 4.54. The molecule has 2 rings (SSSR count). The number of carboxylic acids is 1. The maximum Gasteiger partial charge on any atom is 0.326 e. The van der Waals surface area contributed by atoms with Crippen LogP contribution in [0.1, 0.15) is 28.8 Å². The van der Waals surface area contributed by atoms with Gasteiger partial charge in [-0.3, -0.25) is 9.59 Å². The van der Waals surface area contributed by atoms with Gasteiger partial charge >= 0.3 is 5.97 Å². The van der Waals surface area contributed by atoms with Crippen molar-refractivity contribution in [2.24, 2.45) is 5.92 Å². The number of nitrogens with zero attached hydrogens (tertiary/aromatic N) is 1. The molecule has 1 saturated heterocycles. The summed E-state index contributed by atoms with van der Waals surface area (Å²) in [4.78, 5) is 37.2. The second kappa shape index (κ2) is 7.17. The van der Waals surface area contributed by atoms with Crippen molar-refractivity contribution >= 4 is 29.4 Å². The number of benzene rings is 1. The second-order valence-electron chi connectivity index (χ2n) is 5.78. The summed E-state index contributed by atoms with van der Waals surface area (Å²) in [5.41, 5.74) is 0.258. The first kappa shape index (κ1) is 18.2. The molecule has 130 valence electrons. The SMILES string of the molecule is CNC(=O)[C@H]1CC[C@@H](C(=O)O)N(C(=O)c2cc(C)c(F)cc2Cl)C1. The van der Waals surface area contributed by atoms with Crippen LogP contribution in [0.2, 0.25) is 5.02 Å². The maximum atomic E-state index is 13.5. The van der Waals surface area contributed by atoms with Gasteiger partial charge in [0.1, 0.15) is 11.9 Å². The van der Waals surface area contributed by atoms with Crippen LogP contribution >= 0.6 is 11.6 Å². The molecule has 24 heavy (non-hydrogen) atoms. The van der Waals surface area contributed by atoms with Gasteiger partial charge in [-0.1, -0.05) is 11.6 Å². The van der Waals surface area contributed by atoms with Gasteiger partial charge in [0.25, 0.3) is 5.91 Å². The fraction of sp³-hybridized carbons (Fsp3) is 0.438. The Labute approximate surface area is 143 Å². The zero-order chi connectivity index (χ0) is 18.0. The van der Waals surface area contributed by atoms with Crippen molar-refractivity contribution in [3.05, 3.63) is 34.1 Å². The van der Waals surface area contributed by atoms with Crippen molar-refractivity contribution in [2.45, 2.75) is 25.8 Å². The number of amides is 2. The van der Waals surface area contributed by atoms with E-state index in [1.54, 1.807) is 0 Å². The summed E-state index contributed by atoms with van der Waals surface area (Å²) in [7, 11) is 1.48. The molecule has 1 aliphatic rings. The quantitative estimate of drug-likeness (QED) is 0.865. The second-order valence-corrected chi connectivity index (χ2v) is 6.19. The molecular weight excluding hydrogens is 339 g/mol. The van der Waals surface area contributed by atoms with Crippen LogP contribution in [0.4, 0.5) is 4.39 Å². The van der Waals surface area contributed by atoms with Crippen molar-refractivity contribution in [1.82, 2.24) is 10.2 Å². The van der Waals surface area contributed by atoms with Gasteiger partial charge in [-0.25, -0.2) is 9.18 Å². The van der Waals surface area contributed by atoms with Crippen molar-refractivity contribution in [1.29, 1.82) is 0 Å². The summed E-state index contributed by atoms with van der Waals surface area (Å²) in [6.45, 7) is 1.46. The van der Waals surface area contributed by atoms with Crippen LogP contribution in [0.25, 0.3) is 0 Å². The Bertz CT molecular complexity index is 695. The summed E-state index contributed by atoms with van der Waals surface area (Å²) in [6, 6.07) is 1.28. The number of carbonyl (C=O) groups is 3. The molecule has 2 atom stereocenters. The monoisotopic (exact) mass is 356 g/mol. The first-order chi connectivity index (χ1) is 11.3. The zero-order valence-electron chi connectivity index (χ0n) is 13.3. The van der Waals surface area contributed by atoms with Gasteiger partial charge in [-0.15, -0.1) is 0 Å². The lowest BCUT2D eigenvalue weighted by molar-refractivity contribution is -0.145. The highest BCUT2D eigenvalue weighted by molar-refractivity contribution is 6.33. The number of rotatable bonds is 3. The molecule has 6 nitrogen and oxygen atoms in total. The van der Waals surface area contributed by atoms with Crippen LogP contribution in [0.5, 0.6) is 0 Å². The minimum Gasteiger partial charge on any atom is -0.480 e. The Morgan fingerprint density at radius 3 is 2.58 bits per heavy atom. The highest BCUT2D eigenvalue weighted by Gasteiger charge is 2.39. The molecule has 0 bridgehead atoms. The third kappa shape index (κ3) is 3.51. The summed E-state index contributed by atoms with van der Waals surface area (Å²) in [5.74, 6) is -3.06. The molecule has 2 N–H and O–H groups in total. The van der Waals surface area contributed by atoms with Crippen LogP contribution in [0.3, 0.4) is 0 Å². The van der Waals surface area contributed by atoms with Crippen molar-refractivity contribution in [3.8, 4) is 0 Å². The highest BCUT2D eigenvalue weighted by Crippen LogP contribution is 2.28. The van der Waals surface area contributed by atoms with E-state index in [1.165, 1.54) is 20.0 Å². The maximum absolute atomic E-state index is 13.5. The van der Waals surface area contributed by atoms with Gasteiger partial charge in [0, 0.05) is 13.6 Å². The molecule has 0 spiro atoms. The molecule has 0 unspecified atom stereocenters. The number of carboxylic acid groups (broad SMARTS) is 1. The summed E-state index contributed by atoms with van der Waals surface area (Å²) in [6.07, 6.45) is 0.535. The molecule has 1 aromatic carbocycles. The summed E-state index contributed by atoms with van der Waals surface area (Å²) in [5, 5.41) is 11.8. The zero-order valence-corrected chi connectivity index (χ0v) is 14.1. The number of hydrogen-bond donors (Lipinski definition) is 2. The lowest BCUT2D eigenvalue weighted by Crippen LogP contribution is -2.53. The van der Waals surface area contributed by atoms with Crippen LogP contribution in [0, 0.1) is 18.7 Å². The van der Waals surface area contributed by atoms with E-state index in [-0.39, 0.29) is 35.0 Å². The van der Waals surface area contributed by atoms with E-state index >= 15 is 0 Å². The van der Waals surface area contributed by atoms with E-state index < -0.39 is 29.7 Å². The van der Waals surface area contributed by atoms with E-state index in [4.69, 9.17) is 11.6 Å². The molecule has 0 radical (unpaired) electrons. The van der Waals surface area contributed by atoms with Gasteiger partial charge in [-0.2, -0.15) is 0 Å². The van der Waals surface area contributed by atoms with Gasteiger partial charge in [0.2, 0.25) is 5.91 Å². The van der Waals surface area contributed by atoms with Crippen LogP contribution in [-0.4, -0.2) is 47.4 Å². The Kier molecular flexibility index (Phi) is 5.43. The fourth-order valence-corrected chi connectivity index (χ4v) is 3.08. The molecule has 1 heterocycles. The van der Waals surface area contributed by atoms with Crippen molar-refractivity contribution < 1.29 is 23.9 Å². The lowest BCUT2D eigenvalue weighted by Gasteiger charge is -2.37. The fourth-order valence-electron chi connectivity index (χ4n) is 2.85. The highest BCUT2D eigenvalue weighted by atomic mass is 35.5. The molecule has 0 aliphatic carbocycles. The number of aryl methyl sites for hydroxylation is 1. The smallest absolute Gasteiger partial charge is 0.326 e. The molecular formula is C16H18ClFN2O4. The number of piperidine rings is 1. The predicted octanol–water partition coefficient (Wildman–Crippen LogP) is 1.84. The van der Waals surface area contributed by atoms with E-state index in [0.29, 0.717) is 6.42 Å². The molecule has 1 aliphatic heterocycles. The number of aliphatic carboxylic acids is 1. The van der Waals surface area contributed by atoms with Crippen LogP contribution in [0.15, 0.2) is 12.1 Å². The van der Waals surface area contributed by atoms with Gasteiger partial charge in [0.05, 0.1) is 16.5 Å². The summed E-state index contributed by atoms with van der Waals surface area (Å²) < 4.78 is 13.5. The number of halogens is 2. The average Bonchev–Trinajstić information content (AvgIpc) is 2.56. The van der Waals surface area contributed by atoms with Crippen LogP contribution in [-0.2, 0) is 9.59 Å². The number of hydrogen-bond acceptors (Lipinski definition) is 3. The molecule has 2 amide bonds. The van der Waals surface area contributed by atoms with Gasteiger partial charge in [-0.05, 0) is 37.5 Å². The molecule has 0 aromatic heterocycles. The van der Waals surface area contributed by atoms with Crippen molar-refractivity contribution in [2.75, 3.05) is 13.6 Å². The molecule has 0 saturated carbocycles. The number of likely N-dealkylation sites (tertiary alicyclic amines) is 1. The lowest BCUT2D eigenvalue weighted by atomic mass is 9.91. The molecule has 1 aromatic rings. The summed E-state index contributed by atoms with van der Waals surface area (Å²) >= 11 is 5.95. The van der Waals surface area contributed by atoms with E-state index in [0.717, 1.165) is 11.0 Å². The largest absolute Gasteiger partial charge is 0.480 e. The Morgan fingerprint density at radius 2 is 2.00 bits per heavy atom. The minimum atomic E-state index is -1.14. The van der Waals surface area contributed by atoms with E-state index in [9.17, 15) is 23.9 Å². The predicted molar refractivity (Wildman–Crippen MR) is 85.4 cm³/mol. The first-order valence-electron chi connectivity index (χ1n) is 7.47. The Balaban J connectivity index is 2.37. The Morgan fingerprint density at radius 1 is 1.33 bits per heavy atom. The number of carbonyl (C=O) groups excluding carboxylic acids is 2. The average molecular weight is 357 g/mol. The topological polar surface area (TPSA) is 86.7 Å². The first-order valence-corrected chi connectivity index (χ1v) is 7.85. The van der Waals surface area contributed by atoms with Crippen LogP contribution < -0.4 is 5.32 Å². The van der Waals surface area contributed by atoms with Crippen molar-refractivity contribution in [3.63, 3.8) is 0 Å². The van der Waals surface area contributed by atoms with E-state index in [2.05, 4.69) is 5.32 Å². The number of nitrogens with one attached hydrogen (secondary N) is 1. The standard InChI is InChI=1S/C16H18ClFN2O4/c1-8-5-10(11(17)6-12(8)18)15(22)20-7-9(14(21)19-2)3-4-13(20)16(23)24/h5-6,9,13H,3-4,7H2,1-2H3,(H,19,21)(H,23,24)/t9-,13-/m0/s1. The molecule has 8 heteroatoms. The third-order valence-electron chi connectivity index (χ3n) is 4.22. The normalized spacial score (nSPS) is 20.6. The minimum absolute atomic E-state index is 0.0256. The van der Waals surface area contributed by atoms with Gasteiger partial charge < -0.3 is 15.3 Å².